The fourth-order valence-electron chi connectivity index (χ4n) is 1.68. The van der Waals surface area contributed by atoms with E-state index in [9.17, 15) is 18.3 Å². The summed E-state index contributed by atoms with van der Waals surface area (Å²) in [5.74, 6) is 0. The molecule has 1 atom stereocenters. The van der Waals surface area contributed by atoms with Gasteiger partial charge in [-0.2, -0.15) is 13.2 Å². The molecule has 1 aromatic carbocycles. The van der Waals surface area contributed by atoms with E-state index in [-0.39, 0.29) is 5.56 Å². The number of hydrogen-bond donors (Lipinski definition) is 2. The third-order valence-electron chi connectivity index (χ3n) is 2.85. The Kier molecular flexibility index (Phi) is 4.76. The van der Waals surface area contributed by atoms with Gasteiger partial charge in [-0.25, -0.2) is 0 Å². The molecule has 0 aliphatic carbocycles. The highest BCUT2D eigenvalue weighted by atomic mass is 19.4. The van der Waals surface area contributed by atoms with Crippen LogP contribution in [0.1, 0.15) is 31.4 Å². The molecule has 0 aliphatic heterocycles. The summed E-state index contributed by atoms with van der Waals surface area (Å²) in [5, 5.41) is 13.2. The van der Waals surface area contributed by atoms with Crippen molar-refractivity contribution in [2.24, 2.45) is 0 Å². The molecule has 0 saturated heterocycles. The number of nitrogens with one attached hydrogen (secondary N) is 1. The second kappa shape index (κ2) is 5.71. The Morgan fingerprint density at radius 1 is 1.22 bits per heavy atom. The Morgan fingerprint density at radius 3 is 2.39 bits per heavy atom. The average molecular weight is 261 g/mol. The lowest BCUT2D eigenvalue weighted by atomic mass is 9.91. The molecule has 1 aromatic rings. The molecule has 0 amide bonds. The van der Waals surface area contributed by atoms with Crippen LogP contribution in [0.3, 0.4) is 0 Å². The van der Waals surface area contributed by atoms with E-state index in [1.54, 1.807) is 0 Å². The van der Waals surface area contributed by atoms with Crippen LogP contribution < -0.4 is 5.32 Å². The van der Waals surface area contributed by atoms with E-state index in [0.717, 1.165) is 18.7 Å². The fourth-order valence-corrected chi connectivity index (χ4v) is 1.68. The Balaban J connectivity index is 2.88. The molecule has 5 heteroatoms. The maximum atomic E-state index is 12.6. The molecule has 0 fully saturated rings. The topological polar surface area (TPSA) is 32.3 Å². The van der Waals surface area contributed by atoms with Gasteiger partial charge in [-0.05, 0) is 44.1 Å². The van der Waals surface area contributed by atoms with Gasteiger partial charge in [-0.1, -0.05) is 19.1 Å². The molecule has 1 unspecified atom stereocenters. The number of halogens is 3. The minimum Gasteiger partial charge on any atom is -0.385 e. The van der Waals surface area contributed by atoms with E-state index in [4.69, 9.17) is 0 Å². The Hall–Kier alpha value is -1.07. The van der Waals surface area contributed by atoms with E-state index in [1.165, 1.54) is 19.1 Å². The van der Waals surface area contributed by atoms with E-state index < -0.39 is 17.3 Å². The molecule has 18 heavy (non-hydrogen) atoms. The molecule has 0 saturated carbocycles. The minimum atomic E-state index is -4.38. The lowest BCUT2D eigenvalue weighted by Gasteiger charge is -2.24. The molecule has 0 radical (unpaired) electrons. The smallest absolute Gasteiger partial charge is 0.385 e. The molecule has 0 aliphatic rings. The van der Waals surface area contributed by atoms with Crippen molar-refractivity contribution in [2.45, 2.75) is 32.0 Å². The summed E-state index contributed by atoms with van der Waals surface area (Å²) in [5.41, 5.74) is -1.71. The summed E-state index contributed by atoms with van der Waals surface area (Å²) in [7, 11) is 0. The van der Waals surface area contributed by atoms with Gasteiger partial charge in [0, 0.05) is 0 Å². The zero-order valence-electron chi connectivity index (χ0n) is 10.5. The lowest BCUT2D eigenvalue weighted by molar-refractivity contribution is -0.137. The average Bonchev–Trinajstić information content (AvgIpc) is 2.28. The summed E-state index contributed by atoms with van der Waals surface area (Å²) in [4.78, 5) is 0. The van der Waals surface area contributed by atoms with Gasteiger partial charge in [0.15, 0.2) is 0 Å². The second-order valence-electron chi connectivity index (χ2n) is 4.46. The van der Waals surface area contributed by atoms with Gasteiger partial charge in [-0.3, -0.25) is 0 Å². The lowest BCUT2D eigenvalue weighted by Crippen LogP contribution is -2.28. The summed E-state index contributed by atoms with van der Waals surface area (Å²) in [6.45, 7) is 4.78. The third kappa shape index (κ3) is 3.99. The molecule has 2 N–H and O–H groups in total. The largest absolute Gasteiger partial charge is 0.416 e. The van der Waals surface area contributed by atoms with Crippen LogP contribution in [0.25, 0.3) is 0 Å². The number of rotatable bonds is 5. The van der Waals surface area contributed by atoms with E-state index in [1.807, 2.05) is 6.92 Å². The molecule has 2 nitrogen and oxygen atoms in total. The summed E-state index contributed by atoms with van der Waals surface area (Å²) in [6.07, 6.45) is -4.02. The number of benzene rings is 1. The van der Waals surface area contributed by atoms with E-state index >= 15 is 0 Å². The normalized spacial score (nSPS) is 15.4. The quantitative estimate of drug-likeness (QED) is 0.799. The van der Waals surface area contributed by atoms with E-state index in [2.05, 4.69) is 5.32 Å². The molecule has 0 heterocycles. The minimum absolute atomic E-state index is 0.287. The zero-order chi connectivity index (χ0) is 13.8. The molecular weight excluding hydrogens is 243 g/mol. The van der Waals surface area contributed by atoms with Crippen molar-refractivity contribution in [1.29, 1.82) is 0 Å². The first-order valence-corrected chi connectivity index (χ1v) is 5.88. The van der Waals surface area contributed by atoms with Crippen LogP contribution >= 0.6 is 0 Å². The van der Waals surface area contributed by atoms with Crippen molar-refractivity contribution in [2.75, 3.05) is 13.1 Å². The first-order valence-electron chi connectivity index (χ1n) is 5.88. The van der Waals surface area contributed by atoms with Crippen molar-refractivity contribution in [3.63, 3.8) is 0 Å². The highest BCUT2D eigenvalue weighted by molar-refractivity contribution is 5.29. The van der Waals surface area contributed by atoms with Gasteiger partial charge in [0.25, 0.3) is 0 Å². The van der Waals surface area contributed by atoms with Crippen LogP contribution in [-0.4, -0.2) is 18.2 Å². The molecule has 0 bridgehead atoms. The van der Waals surface area contributed by atoms with Crippen molar-refractivity contribution in [3.8, 4) is 0 Å². The highest BCUT2D eigenvalue weighted by Crippen LogP contribution is 2.32. The summed E-state index contributed by atoms with van der Waals surface area (Å²) >= 11 is 0. The molecule has 1 rings (SSSR count). The van der Waals surface area contributed by atoms with Crippen LogP contribution in [0, 0.1) is 0 Å². The van der Waals surface area contributed by atoms with E-state index in [0.29, 0.717) is 13.0 Å². The molecule has 102 valence electrons. The van der Waals surface area contributed by atoms with Crippen LogP contribution in [0.4, 0.5) is 13.2 Å². The first-order chi connectivity index (χ1) is 8.27. The van der Waals surface area contributed by atoms with Crippen molar-refractivity contribution < 1.29 is 18.3 Å². The maximum absolute atomic E-state index is 12.6. The SMILES string of the molecule is CCNCCC(C)(O)c1cccc(C(F)(F)F)c1. The maximum Gasteiger partial charge on any atom is 0.416 e. The van der Waals surface area contributed by atoms with Gasteiger partial charge in [0.2, 0.25) is 0 Å². The van der Waals surface area contributed by atoms with Gasteiger partial charge in [-0.15, -0.1) is 0 Å². The molecular formula is C13H18F3NO. The van der Waals surface area contributed by atoms with Gasteiger partial charge in [0.05, 0.1) is 11.2 Å². The molecule has 0 spiro atoms. The van der Waals surface area contributed by atoms with Crippen LogP contribution in [-0.2, 0) is 11.8 Å². The predicted octanol–water partition coefficient (Wildman–Crippen LogP) is 2.91. The Labute approximate surface area is 105 Å². The van der Waals surface area contributed by atoms with Crippen LogP contribution in [0.5, 0.6) is 0 Å². The van der Waals surface area contributed by atoms with Crippen LogP contribution in [0.15, 0.2) is 24.3 Å². The van der Waals surface area contributed by atoms with Gasteiger partial charge >= 0.3 is 6.18 Å². The fraction of sp³-hybridized carbons (Fsp3) is 0.538. The number of hydrogen-bond acceptors (Lipinski definition) is 2. The second-order valence-corrected chi connectivity index (χ2v) is 4.46. The standard InChI is InChI=1S/C13H18F3NO/c1-3-17-8-7-12(2,18)10-5-4-6-11(9-10)13(14,15)16/h4-6,9,17-18H,3,7-8H2,1-2H3. The van der Waals surface area contributed by atoms with Crippen LogP contribution in [0.2, 0.25) is 0 Å². The zero-order valence-corrected chi connectivity index (χ0v) is 10.5. The van der Waals surface area contributed by atoms with Gasteiger partial charge in [0.1, 0.15) is 0 Å². The number of aliphatic hydroxyl groups is 1. The summed E-state index contributed by atoms with van der Waals surface area (Å²) in [6, 6.07) is 4.84. The van der Waals surface area contributed by atoms with Crippen molar-refractivity contribution >= 4 is 0 Å². The monoisotopic (exact) mass is 261 g/mol. The van der Waals surface area contributed by atoms with Crippen molar-refractivity contribution in [1.82, 2.24) is 5.32 Å². The molecule has 0 aromatic heterocycles. The van der Waals surface area contributed by atoms with Gasteiger partial charge < -0.3 is 10.4 Å². The number of alkyl halides is 3. The first kappa shape index (κ1) is 15.0. The summed E-state index contributed by atoms with van der Waals surface area (Å²) < 4.78 is 37.7. The Bertz CT molecular complexity index is 388. The highest BCUT2D eigenvalue weighted by Gasteiger charge is 2.32. The third-order valence-corrected chi connectivity index (χ3v) is 2.85. The predicted molar refractivity (Wildman–Crippen MR) is 64.2 cm³/mol. The Morgan fingerprint density at radius 2 is 1.83 bits per heavy atom. The van der Waals surface area contributed by atoms with Crippen molar-refractivity contribution in [3.05, 3.63) is 35.4 Å².